The number of carbonyl (C=O) groups excluding carboxylic acids is 2. The van der Waals surface area contributed by atoms with Gasteiger partial charge >= 0.3 is 6.03 Å². The number of hydrogen-bond donors (Lipinski definition) is 3. The zero-order valence-electron chi connectivity index (χ0n) is 13.6. The van der Waals surface area contributed by atoms with Crippen LogP contribution in [0.25, 0.3) is 0 Å². The Hall–Kier alpha value is -2.13. The molecule has 7 nitrogen and oxygen atoms in total. The SMILES string of the molecule is CCNC(=O)NC(=O)C(C)Sc1nnc(Nc2ccccc2C)s1. The van der Waals surface area contributed by atoms with Crippen molar-refractivity contribution in [2.75, 3.05) is 11.9 Å². The molecular weight excluding hydrogens is 346 g/mol. The van der Waals surface area contributed by atoms with Crippen molar-refractivity contribution in [3.63, 3.8) is 0 Å². The molecule has 1 unspecified atom stereocenters. The fourth-order valence-corrected chi connectivity index (χ4v) is 3.67. The second kappa shape index (κ2) is 8.65. The first-order chi connectivity index (χ1) is 11.5. The van der Waals surface area contributed by atoms with E-state index in [0.717, 1.165) is 11.3 Å². The van der Waals surface area contributed by atoms with Crippen LogP contribution in [0.2, 0.25) is 0 Å². The third kappa shape index (κ3) is 5.20. The second-order valence-electron chi connectivity index (χ2n) is 4.92. The van der Waals surface area contributed by atoms with Gasteiger partial charge in [0.05, 0.1) is 5.25 Å². The molecule has 0 fully saturated rings. The van der Waals surface area contributed by atoms with Gasteiger partial charge in [-0.25, -0.2) is 4.79 Å². The number of hydrogen-bond acceptors (Lipinski definition) is 7. The summed E-state index contributed by atoms with van der Waals surface area (Å²) in [5, 5.41) is 16.4. The summed E-state index contributed by atoms with van der Waals surface area (Å²) < 4.78 is 0.657. The summed E-state index contributed by atoms with van der Waals surface area (Å²) >= 11 is 2.62. The Balaban J connectivity index is 1.92. The van der Waals surface area contributed by atoms with Gasteiger partial charge in [0.25, 0.3) is 0 Å². The fraction of sp³-hybridized carbons (Fsp3) is 0.333. The van der Waals surface area contributed by atoms with Crippen LogP contribution in [0.3, 0.4) is 0 Å². The first kappa shape index (κ1) is 18.2. The monoisotopic (exact) mass is 365 g/mol. The van der Waals surface area contributed by atoms with E-state index in [2.05, 4.69) is 26.1 Å². The molecule has 24 heavy (non-hydrogen) atoms. The van der Waals surface area contributed by atoms with Gasteiger partial charge < -0.3 is 10.6 Å². The topological polar surface area (TPSA) is 96.0 Å². The Morgan fingerprint density at radius 1 is 1.29 bits per heavy atom. The van der Waals surface area contributed by atoms with E-state index in [4.69, 9.17) is 0 Å². The lowest BCUT2D eigenvalue weighted by Gasteiger charge is -2.09. The summed E-state index contributed by atoms with van der Waals surface area (Å²) in [5.41, 5.74) is 2.07. The lowest BCUT2D eigenvalue weighted by atomic mass is 10.2. The van der Waals surface area contributed by atoms with Gasteiger partial charge in [-0.1, -0.05) is 41.3 Å². The van der Waals surface area contributed by atoms with E-state index in [0.29, 0.717) is 16.0 Å². The number of para-hydroxylation sites is 1. The maximum absolute atomic E-state index is 11.9. The number of nitrogens with one attached hydrogen (secondary N) is 3. The average molecular weight is 365 g/mol. The summed E-state index contributed by atoms with van der Waals surface area (Å²) in [5.74, 6) is -0.366. The maximum Gasteiger partial charge on any atom is 0.321 e. The predicted octanol–water partition coefficient (Wildman–Crippen LogP) is 2.92. The summed E-state index contributed by atoms with van der Waals surface area (Å²) in [6.45, 7) is 5.97. The van der Waals surface area contributed by atoms with Crippen molar-refractivity contribution in [2.24, 2.45) is 0 Å². The minimum Gasteiger partial charge on any atom is -0.338 e. The molecule has 0 spiro atoms. The Labute approximate surface area is 148 Å². The van der Waals surface area contributed by atoms with Crippen LogP contribution in [0.5, 0.6) is 0 Å². The molecule has 128 valence electrons. The highest BCUT2D eigenvalue weighted by Crippen LogP contribution is 2.31. The van der Waals surface area contributed by atoms with Crippen molar-refractivity contribution in [2.45, 2.75) is 30.4 Å². The molecule has 0 aliphatic rings. The number of urea groups is 1. The Bertz CT molecular complexity index is 719. The van der Waals surface area contributed by atoms with Gasteiger partial charge in [0.2, 0.25) is 11.0 Å². The number of thioether (sulfide) groups is 1. The van der Waals surface area contributed by atoms with E-state index in [1.165, 1.54) is 23.1 Å². The van der Waals surface area contributed by atoms with Crippen molar-refractivity contribution in [1.82, 2.24) is 20.8 Å². The third-order valence-electron chi connectivity index (χ3n) is 3.01. The second-order valence-corrected chi connectivity index (χ2v) is 7.49. The molecule has 2 aromatic rings. The van der Waals surface area contributed by atoms with Crippen LogP contribution in [-0.2, 0) is 4.79 Å². The molecule has 3 N–H and O–H groups in total. The smallest absolute Gasteiger partial charge is 0.321 e. The van der Waals surface area contributed by atoms with Crippen LogP contribution < -0.4 is 16.0 Å². The van der Waals surface area contributed by atoms with Crippen molar-refractivity contribution in [3.05, 3.63) is 29.8 Å². The largest absolute Gasteiger partial charge is 0.338 e. The highest BCUT2D eigenvalue weighted by atomic mass is 32.2. The lowest BCUT2D eigenvalue weighted by Crippen LogP contribution is -2.42. The summed E-state index contributed by atoms with van der Waals surface area (Å²) in [6.07, 6.45) is 0. The highest BCUT2D eigenvalue weighted by molar-refractivity contribution is 8.02. The van der Waals surface area contributed by atoms with Crippen molar-refractivity contribution >= 4 is 45.9 Å². The van der Waals surface area contributed by atoms with Crippen LogP contribution >= 0.6 is 23.1 Å². The van der Waals surface area contributed by atoms with E-state index < -0.39 is 11.3 Å². The van der Waals surface area contributed by atoms with E-state index in [-0.39, 0.29) is 5.91 Å². The molecule has 3 amide bonds. The van der Waals surface area contributed by atoms with E-state index in [1.807, 2.05) is 31.2 Å². The Kier molecular flexibility index (Phi) is 6.56. The number of anilines is 2. The highest BCUT2D eigenvalue weighted by Gasteiger charge is 2.19. The average Bonchev–Trinajstić information content (AvgIpc) is 2.97. The van der Waals surface area contributed by atoms with Crippen molar-refractivity contribution in [3.8, 4) is 0 Å². The van der Waals surface area contributed by atoms with Crippen LogP contribution in [-0.4, -0.2) is 33.9 Å². The first-order valence-corrected chi connectivity index (χ1v) is 9.10. The molecule has 1 heterocycles. The van der Waals surface area contributed by atoms with Crippen molar-refractivity contribution in [1.29, 1.82) is 0 Å². The van der Waals surface area contributed by atoms with Crippen LogP contribution in [0.15, 0.2) is 28.6 Å². The van der Waals surface area contributed by atoms with Gasteiger partial charge in [-0.15, -0.1) is 10.2 Å². The summed E-state index contributed by atoms with van der Waals surface area (Å²) in [7, 11) is 0. The first-order valence-electron chi connectivity index (χ1n) is 7.41. The van der Waals surface area contributed by atoms with E-state index >= 15 is 0 Å². The van der Waals surface area contributed by atoms with Gasteiger partial charge in [0.1, 0.15) is 0 Å². The maximum atomic E-state index is 11.9. The van der Waals surface area contributed by atoms with Gasteiger partial charge in [0.15, 0.2) is 4.34 Å². The summed E-state index contributed by atoms with van der Waals surface area (Å²) in [6, 6.07) is 7.39. The molecule has 0 bridgehead atoms. The molecule has 1 aromatic heterocycles. The number of aromatic nitrogens is 2. The lowest BCUT2D eigenvalue weighted by molar-refractivity contribution is -0.119. The Morgan fingerprint density at radius 2 is 2.04 bits per heavy atom. The fourth-order valence-electron chi connectivity index (χ4n) is 1.76. The molecular formula is C15H19N5O2S2. The third-order valence-corrected chi connectivity index (χ3v) is 5.04. The minimum atomic E-state index is -0.492. The number of amides is 3. The van der Waals surface area contributed by atoms with E-state index in [1.54, 1.807) is 13.8 Å². The van der Waals surface area contributed by atoms with Gasteiger partial charge in [-0.05, 0) is 32.4 Å². The zero-order valence-corrected chi connectivity index (χ0v) is 15.3. The number of carbonyl (C=O) groups is 2. The van der Waals surface area contributed by atoms with Crippen molar-refractivity contribution < 1.29 is 9.59 Å². The molecule has 0 radical (unpaired) electrons. The minimum absolute atomic E-state index is 0.366. The number of aryl methyl sites for hydroxylation is 1. The number of nitrogens with zero attached hydrogens (tertiary/aromatic N) is 2. The normalized spacial score (nSPS) is 11.6. The molecule has 1 atom stereocenters. The Morgan fingerprint density at radius 3 is 2.75 bits per heavy atom. The quantitative estimate of drug-likeness (QED) is 0.681. The molecule has 0 saturated heterocycles. The van der Waals surface area contributed by atoms with Gasteiger partial charge in [-0.2, -0.15) is 0 Å². The molecule has 0 aliphatic heterocycles. The van der Waals surface area contributed by atoms with Gasteiger partial charge in [-0.3, -0.25) is 10.1 Å². The predicted molar refractivity (Wildman–Crippen MR) is 96.9 cm³/mol. The molecule has 2 rings (SSSR count). The standard InChI is InChI=1S/C15H19N5O2S2/c1-4-16-13(22)18-12(21)10(3)23-15-20-19-14(24-15)17-11-8-6-5-7-9(11)2/h5-8,10H,4H2,1-3H3,(H,17,19)(H2,16,18,21,22). The molecule has 0 saturated carbocycles. The number of imide groups is 1. The van der Waals surface area contributed by atoms with Crippen LogP contribution in [0.1, 0.15) is 19.4 Å². The van der Waals surface area contributed by atoms with Gasteiger partial charge in [0, 0.05) is 12.2 Å². The zero-order chi connectivity index (χ0) is 17.5. The molecule has 0 aliphatic carbocycles. The summed E-state index contributed by atoms with van der Waals surface area (Å²) in [4.78, 5) is 23.3. The number of benzene rings is 1. The number of rotatable bonds is 6. The van der Waals surface area contributed by atoms with Crippen LogP contribution in [0.4, 0.5) is 15.6 Å². The molecule has 1 aromatic carbocycles. The molecule has 9 heteroatoms. The van der Waals surface area contributed by atoms with E-state index in [9.17, 15) is 9.59 Å². The van der Waals surface area contributed by atoms with Crippen LogP contribution in [0, 0.1) is 6.92 Å².